The van der Waals surface area contributed by atoms with Crippen LogP contribution in [0.4, 0.5) is 0 Å². The Kier molecular flexibility index (Phi) is 4.84. The van der Waals surface area contributed by atoms with Crippen molar-refractivity contribution in [2.24, 2.45) is 0 Å². The number of likely N-dealkylation sites (N-methyl/N-ethyl adjacent to an activating group) is 1. The fourth-order valence-corrected chi connectivity index (χ4v) is 2.99. The Hall–Kier alpha value is -0.980. The van der Waals surface area contributed by atoms with Crippen LogP contribution in [0.15, 0.2) is 24.5 Å². The molecule has 0 unspecified atom stereocenters. The van der Waals surface area contributed by atoms with Crippen LogP contribution in [0, 0.1) is 0 Å². The summed E-state index contributed by atoms with van der Waals surface area (Å²) in [6.45, 7) is 3.17. The highest BCUT2D eigenvalue weighted by atomic mass is 32.2. The number of pyridine rings is 1. The summed E-state index contributed by atoms with van der Waals surface area (Å²) in [5, 5.41) is 9.20. The van der Waals surface area contributed by atoms with Gasteiger partial charge >= 0.3 is 0 Å². The maximum Gasteiger partial charge on any atom is 0.214 e. The molecule has 0 atom stereocenters. The summed E-state index contributed by atoms with van der Waals surface area (Å²) in [6.07, 6.45) is 3.73. The second-order valence-electron chi connectivity index (χ2n) is 4.86. The maximum absolute atomic E-state index is 12.1. The first-order valence-corrected chi connectivity index (χ1v) is 7.37. The number of hydrogen-bond donors (Lipinski definition) is 1. The van der Waals surface area contributed by atoms with E-state index in [0.717, 1.165) is 5.56 Å². The van der Waals surface area contributed by atoms with Crippen LogP contribution in [-0.2, 0) is 16.4 Å². The van der Waals surface area contributed by atoms with Crippen LogP contribution in [0.2, 0.25) is 0 Å². The van der Waals surface area contributed by atoms with Gasteiger partial charge in [0.1, 0.15) is 0 Å². The Morgan fingerprint density at radius 1 is 1.33 bits per heavy atom. The van der Waals surface area contributed by atoms with E-state index in [4.69, 9.17) is 0 Å². The van der Waals surface area contributed by atoms with Gasteiger partial charge in [-0.15, -0.1) is 0 Å². The van der Waals surface area contributed by atoms with Crippen molar-refractivity contribution in [2.45, 2.75) is 25.8 Å². The number of aliphatic hydroxyl groups is 1. The Labute approximate surface area is 109 Å². The minimum absolute atomic E-state index is 0.0247. The van der Waals surface area contributed by atoms with Crippen LogP contribution in [0.25, 0.3) is 0 Å². The van der Waals surface area contributed by atoms with E-state index in [1.807, 2.05) is 0 Å². The minimum atomic E-state index is -3.38. The van der Waals surface area contributed by atoms with Gasteiger partial charge in [-0.25, -0.2) is 8.42 Å². The van der Waals surface area contributed by atoms with E-state index in [1.165, 1.54) is 11.4 Å². The zero-order valence-corrected chi connectivity index (χ0v) is 11.8. The second-order valence-corrected chi connectivity index (χ2v) is 6.98. The zero-order valence-electron chi connectivity index (χ0n) is 11.0. The van der Waals surface area contributed by atoms with Crippen LogP contribution < -0.4 is 0 Å². The Morgan fingerprint density at radius 2 is 1.89 bits per heavy atom. The number of hydrogen-bond acceptors (Lipinski definition) is 4. The summed E-state index contributed by atoms with van der Waals surface area (Å²) in [5.74, 6) is 0.0247. The molecule has 1 N–H and O–H groups in total. The molecule has 0 spiro atoms. The molecule has 0 fully saturated rings. The van der Waals surface area contributed by atoms with Gasteiger partial charge in [0.2, 0.25) is 10.0 Å². The number of aryl methyl sites for hydroxylation is 1. The molecule has 102 valence electrons. The summed E-state index contributed by atoms with van der Waals surface area (Å²) in [4.78, 5) is 3.88. The predicted molar refractivity (Wildman–Crippen MR) is 70.7 cm³/mol. The first-order chi connectivity index (χ1) is 8.29. The average Bonchev–Trinajstić information content (AvgIpc) is 2.37. The molecule has 18 heavy (non-hydrogen) atoms. The van der Waals surface area contributed by atoms with E-state index in [2.05, 4.69) is 4.98 Å². The lowest BCUT2D eigenvalue weighted by Gasteiger charge is -2.32. The molecule has 1 heterocycles. The summed E-state index contributed by atoms with van der Waals surface area (Å²) >= 11 is 0. The van der Waals surface area contributed by atoms with Crippen molar-refractivity contribution < 1.29 is 13.5 Å². The molecule has 0 aliphatic rings. The van der Waals surface area contributed by atoms with Gasteiger partial charge < -0.3 is 5.11 Å². The number of sulfonamides is 1. The number of rotatable bonds is 6. The van der Waals surface area contributed by atoms with Gasteiger partial charge in [-0.3, -0.25) is 4.98 Å². The fourth-order valence-electron chi connectivity index (χ4n) is 1.41. The molecule has 0 aliphatic carbocycles. The molecule has 0 bridgehead atoms. The lowest BCUT2D eigenvalue weighted by atomic mass is 10.1. The van der Waals surface area contributed by atoms with Crippen LogP contribution in [-0.4, -0.2) is 47.8 Å². The molecule has 0 saturated carbocycles. The smallest absolute Gasteiger partial charge is 0.214 e. The maximum atomic E-state index is 12.1. The lowest BCUT2D eigenvalue weighted by molar-refractivity contribution is 0.138. The Balaban J connectivity index is 2.71. The minimum Gasteiger partial charge on any atom is -0.394 e. The van der Waals surface area contributed by atoms with E-state index in [0.29, 0.717) is 6.42 Å². The molecule has 6 heteroatoms. The molecule has 0 radical (unpaired) electrons. The number of nitrogens with zero attached hydrogens (tertiary/aromatic N) is 2. The number of aliphatic hydroxyl groups excluding tert-OH is 1. The quantitative estimate of drug-likeness (QED) is 0.825. The molecular formula is C12H20N2O3S. The predicted octanol–water partition coefficient (Wildman–Crippen LogP) is 0.657. The molecule has 5 nitrogen and oxygen atoms in total. The average molecular weight is 272 g/mol. The van der Waals surface area contributed by atoms with Gasteiger partial charge in [0.15, 0.2) is 0 Å². The van der Waals surface area contributed by atoms with Crippen molar-refractivity contribution in [3.63, 3.8) is 0 Å². The van der Waals surface area contributed by atoms with E-state index in [-0.39, 0.29) is 12.4 Å². The van der Waals surface area contributed by atoms with Crippen LogP contribution in [0.3, 0.4) is 0 Å². The van der Waals surface area contributed by atoms with Gasteiger partial charge in [-0.1, -0.05) is 0 Å². The monoisotopic (exact) mass is 272 g/mol. The van der Waals surface area contributed by atoms with Crippen LogP contribution in [0.1, 0.15) is 19.4 Å². The highest BCUT2D eigenvalue weighted by Gasteiger charge is 2.31. The van der Waals surface area contributed by atoms with Gasteiger partial charge in [-0.2, -0.15) is 4.31 Å². The largest absolute Gasteiger partial charge is 0.394 e. The third-order valence-electron chi connectivity index (χ3n) is 3.05. The molecule has 1 aromatic rings. The summed E-state index contributed by atoms with van der Waals surface area (Å²) in [7, 11) is -1.88. The molecule has 0 aliphatic heterocycles. The highest BCUT2D eigenvalue weighted by molar-refractivity contribution is 7.89. The lowest BCUT2D eigenvalue weighted by Crippen LogP contribution is -2.48. The van der Waals surface area contributed by atoms with Gasteiger partial charge in [0.05, 0.1) is 17.9 Å². The fraction of sp³-hybridized carbons (Fsp3) is 0.583. The van der Waals surface area contributed by atoms with E-state index < -0.39 is 15.6 Å². The first-order valence-electron chi connectivity index (χ1n) is 5.76. The van der Waals surface area contributed by atoms with Crippen LogP contribution >= 0.6 is 0 Å². The molecule has 1 rings (SSSR count). The van der Waals surface area contributed by atoms with Gasteiger partial charge in [0, 0.05) is 19.4 Å². The van der Waals surface area contributed by atoms with Crippen molar-refractivity contribution in [3.8, 4) is 0 Å². The Bertz CT molecular complexity index is 471. The standard InChI is InChI=1S/C12H20N2O3S/c1-12(2,10-15)14(3)18(16,17)9-6-11-4-7-13-8-5-11/h4-5,7-8,15H,6,9-10H2,1-3H3. The van der Waals surface area contributed by atoms with E-state index >= 15 is 0 Å². The summed E-state index contributed by atoms with van der Waals surface area (Å²) in [6, 6.07) is 3.60. The molecule has 0 aromatic carbocycles. The third-order valence-corrected chi connectivity index (χ3v) is 5.10. The SMILES string of the molecule is CN(C(C)(C)CO)S(=O)(=O)CCc1ccncc1. The van der Waals surface area contributed by atoms with Gasteiger partial charge in [0.25, 0.3) is 0 Å². The zero-order chi connectivity index (χ0) is 13.8. The van der Waals surface area contributed by atoms with Crippen molar-refractivity contribution in [2.75, 3.05) is 19.4 Å². The summed E-state index contributed by atoms with van der Waals surface area (Å²) in [5.41, 5.74) is 0.153. The molecule has 0 saturated heterocycles. The topological polar surface area (TPSA) is 70.5 Å². The summed E-state index contributed by atoms with van der Waals surface area (Å²) < 4.78 is 25.5. The van der Waals surface area contributed by atoms with E-state index in [9.17, 15) is 13.5 Å². The van der Waals surface area contributed by atoms with Crippen molar-refractivity contribution in [1.82, 2.24) is 9.29 Å². The number of aromatic nitrogens is 1. The molecule has 0 amide bonds. The highest BCUT2D eigenvalue weighted by Crippen LogP contribution is 2.16. The first kappa shape index (κ1) is 15.1. The second kappa shape index (κ2) is 5.77. The molecule has 1 aromatic heterocycles. The van der Waals surface area contributed by atoms with Crippen molar-refractivity contribution in [3.05, 3.63) is 30.1 Å². The normalized spacial score (nSPS) is 12.9. The Morgan fingerprint density at radius 3 is 2.39 bits per heavy atom. The third kappa shape index (κ3) is 3.76. The van der Waals surface area contributed by atoms with Crippen molar-refractivity contribution in [1.29, 1.82) is 0 Å². The molecular weight excluding hydrogens is 252 g/mol. The van der Waals surface area contributed by atoms with Crippen LogP contribution in [0.5, 0.6) is 0 Å². The van der Waals surface area contributed by atoms with Crippen molar-refractivity contribution >= 4 is 10.0 Å². The van der Waals surface area contributed by atoms with E-state index in [1.54, 1.807) is 38.4 Å². The van der Waals surface area contributed by atoms with Gasteiger partial charge in [-0.05, 0) is 38.0 Å².